The Bertz CT molecular complexity index is 722. The number of esters is 1. The van der Waals surface area contributed by atoms with E-state index < -0.39 is 5.97 Å². The quantitative estimate of drug-likeness (QED) is 0.814. The van der Waals surface area contributed by atoms with Crippen LogP contribution in [0.1, 0.15) is 42.0 Å². The van der Waals surface area contributed by atoms with Crippen molar-refractivity contribution in [1.82, 2.24) is 30.2 Å². The highest BCUT2D eigenvalue weighted by Crippen LogP contribution is 2.24. The van der Waals surface area contributed by atoms with E-state index >= 15 is 0 Å². The van der Waals surface area contributed by atoms with Crippen LogP contribution >= 0.6 is 0 Å². The summed E-state index contributed by atoms with van der Waals surface area (Å²) in [4.78, 5) is 21.6. The molecular weight excluding hydrogens is 310 g/mol. The van der Waals surface area contributed by atoms with Crippen LogP contribution in [0, 0.1) is 12.8 Å². The number of hydrogen-bond acceptors (Lipinski definition) is 8. The van der Waals surface area contributed by atoms with Gasteiger partial charge in [0, 0.05) is 12.1 Å². The molecule has 0 unspecified atom stereocenters. The monoisotopic (exact) mass is 331 g/mol. The van der Waals surface area contributed by atoms with Crippen LogP contribution in [0.3, 0.4) is 0 Å². The molecule has 3 rings (SSSR count). The number of carbonyl (C=O) groups excluding carboxylic acids is 1. The van der Waals surface area contributed by atoms with Crippen LogP contribution in [-0.2, 0) is 11.3 Å². The predicted octanol–water partition coefficient (Wildman–Crippen LogP) is 0.743. The number of aromatic nitrogens is 6. The van der Waals surface area contributed by atoms with Gasteiger partial charge in [-0.25, -0.2) is 14.8 Å². The molecule has 0 aliphatic heterocycles. The minimum absolute atomic E-state index is 0.178. The summed E-state index contributed by atoms with van der Waals surface area (Å²) in [5.74, 6) is 0.820. The average molecular weight is 331 g/mol. The maximum absolute atomic E-state index is 11.7. The highest BCUT2D eigenvalue weighted by atomic mass is 16.5. The summed E-state index contributed by atoms with van der Waals surface area (Å²) >= 11 is 0. The summed E-state index contributed by atoms with van der Waals surface area (Å²) < 4.78 is 4.70. The maximum Gasteiger partial charge on any atom is 0.356 e. The van der Waals surface area contributed by atoms with Gasteiger partial charge in [-0.2, -0.15) is 4.80 Å². The second kappa shape index (κ2) is 7.00. The second-order valence-corrected chi connectivity index (χ2v) is 6.13. The average Bonchev–Trinajstić information content (AvgIpc) is 3.04. The van der Waals surface area contributed by atoms with Gasteiger partial charge < -0.3 is 10.5 Å². The molecule has 9 heteroatoms. The Morgan fingerprint density at radius 3 is 2.79 bits per heavy atom. The molecule has 0 spiro atoms. The van der Waals surface area contributed by atoms with Crippen molar-refractivity contribution in [3.05, 3.63) is 17.6 Å². The van der Waals surface area contributed by atoms with Gasteiger partial charge in [-0.05, 0) is 43.7 Å². The van der Waals surface area contributed by atoms with E-state index in [4.69, 9.17) is 10.5 Å². The molecule has 24 heavy (non-hydrogen) atoms. The van der Waals surface area contributed by atoms with E-state index in [-0.39, 0.29) is 5.69 Å². The lowest BCUT2D eigenvalue weighted by molar-refractivity contribution is 0.0593. The molecule has 0 amide bonds. The van der Waals surface area contributed by atoms with Gasteiger partial charge in [0.2, 0.25) is 5.82 Å². The predicted molar refractivity (Wildman–Crippen MR) is 84.9 cm³/mol. The Hall–Kier alpha value is -2.42. The van der Waals surface area contributed by atoms with E-state index in [0.717, 1.165) is 25.7 Å². The molecule has 2 N–H and O–H groups in total. The van der Waals surface area contributed by atoms with E-state index in [2.05, 4.69) is 25.4 Å². The van der Waals surface area contributed by atoms with Crippen molar-refractivity contribution < 1.29 is 9.53 Å². The van der Waals surface area contributed by atoms with E-state index in [9.17, 15) is 4.79 Å². The van der Waals surface area contributed by atoms with Gasteiger partial charge in [-0.1, -0.05) is 0 Å². The lowest BCUT2D eigenvalue weighted by Crippen LogP contribution is -2.28. The molecule has 1 fully saturated rings. The number of tetrazole rings is 1. The molecule has 0 radical (unpaired) electrons. The van der Waals surface area contributed by atoms with Crippen molar-refractivity contribution in [2.45, 2.75) is 45.2 Å². The van der Waals surface area contributed by atoms with E-state index in [1.165, 1.54) is 13.2 Å². The lowest BCUT2D eigenvalue weighted by Gasteiger charge is -2.25. The van der Waals surface area contributed by atoms with Crippen LogP contribution in [-0.4, -0.2) is 49.3 Å². The van der Waals surface area contributed by atoms with Crippen LogP contribution in [0.15, 0.2) is 6.07 Å². The van der Waals surface area contributed by atoms with Gasteiger partial charge in [0.1, 0.15) is 11.5 Å². The SMILES string of the molecule is COC(=O)c1cc(-c2nnn(CC3CCC(N)CC3)n2)nc(C)n1. The molecule has 2 aromatic heterocycles. The molecule has 1 aliphatic carbocycles. The molecule has 2 heterocycles. The van der Waals surface area contributed by atoms with Crippen LogP contribution in [0.2, 0.25) is 0 Å². The molecule has 1 aliphatic rings. The van der Waals surface area contributed by atoms with Crippen molar-refractivity contribution >= 4 is 5.97 Å². The Morgan fingerprint density at radius 1 is 1.33 bits per heavy atom. The summed E-state index contributed by atoms with van der Waals surface area (Å²) in [5.41, 5.74) is 6.57. The Morgan fingerprint density at radius 2 is 2.08 bits per heavy atom. The molecule has 0 atom stereocenters. The Labute approximate surface area is 139 Å². The molecule has 128 valence electrons. The molecule has 2 aromatic rings. The number of nitrogens with zero attached hydrogens (tertiary/aromatic N) is 6. The number of rotatable bonds is 4. The van der Waals surface area contributed by atoms with Crippen LogP contribution in [0.5, 0.6) is 0 Å². The first-order valence-electron chi connectivity index (χ1n) is 8.03. The van der Waals surface area contributed by atoms with Crippen molar-refractivity contribution in [3.8, 4) is 11.5 Å². The summed E-state index contributed by atoms with van der Waals surface area (Å²) in [6, 6.07) is 1.83. The van der Waals surface area contributed by atoms with Crippen molar-refractivity contribution in [2.24, 2.45) is 11.7 Å². The first kappa shape index (κ1) is 16.4. The normalized spacial score (nSPS) is 20.8. The highest BCUT2D eigenvalue weighted by Gasteiger charge is 2.20. The smallest absolute Gasteiger partial charge is 0.356 e. The topological polar surface area (TPSA) is 122 Å². The van der Waals surface area contributed by atoms with Gasteiger partial charge in [0.25, 0.3) is 0 Å². The zero-order valence-corrected chi connectivity index (χ0v) is 13.8. The second-order valence-electron chi connectivity index (χ2n) is 6.13. The van der Waals surface area contributed by atoms with Gasteiger partial charge in [0.15, 0.2) is 5.69 Å². The first-order valence-corrected chi connectivity index (χ1v) is 8.03. The zero-order valence-electron chi connectivity index (χ0n) is 13.8. The molecule has 0 bridgehead atoms. The minimum Gasteiger partial charge on any atom is -0.464 e. The standard InChI is InChI=1S/C15H21N7O2/c1-9-17-12(7-13(18-9)15(23)24-2)14-19-21-22(20-14)8-10-3-5-11(16)6-4-10/h7,10-11H,3-6,8,16H2,1-2H3. The maximum atomic E-state index is 11.7. The Balaban J connectivity index is 1.75. The molecule has 0 saturated heterocycles. The van der Waals surface area contributed by atoms with Crippen LogP contribution in [0.4, 0.5) is 0 Å². The summed E-state index contributed by atoms with van der Waals surface area (Å²) in [7, 11) is 1.31. The van der Waals surface area contributed by atoms with Gasteiger partial charge in [-0.15, -0.1) is 10.2 Å². The highest BCUT2D eigenvalue weighted by molar-refractivity contribution is 5.88. The first-order chi connectivity index (χ1) is 11.5. The largest absolute Gasteiger partial charge is 0.464 e. The molecular formula is C15H21N7O2. The van der Waals surface area contributed by atoms with E-state index in [1.807, 2.05) is 0 Å². The fourth-order valence-electron chi connectivity index (χ4n) is 2.92. The third-order valence-electron chi connectivity index (χ3n) is 4.23. The number of hydrogen-bond donors (Lipinski definition) is 1. The van der Waals surface area contributed by atoms with Crippen molar-refractivity contribution in [3.63, 3.8) is 0 Å². The number of carbonyl (C=O) groups is 1. The third kappa shape index (κ3) is 3.73. The third-order valence-corrected chi connectivity index (χ3v) is 4.23. The number of aryl methyl sites for hydroxylation is 1. The van der Waals surface area contributed by atoms with Crippen molar-refractivity contribution in [2.75, 3.05) is 7.11 Å². The summed E-state index contributed by atoms with van der Waals surface area (Å²) in [5, 5.41) is 12.5. The van der Waals surface area contributed by atoms with Gasteiger partial charge >= 0.3 is 5.97 Å². The van der Waals surface area contributed by atoms with E-state index in [0.29, 0.717) is 35.8 Å². The fraction of sp³-hybridized carbons (Fsp3) is 0.600. The molecule has 9 nitrogen and oxygen atoms in total. The lowest BCUT2D eigenvalue weighted by atomic mass is 9.86. The minimum atomic E-state index is -0.521. The summed E-state index contributed by atoms with van der Waals surface area (Å²) in [6.45, 7) is 2.42. The number of ether oxygens (including phenoxy) is 1. The van der Waals surface area contributed by atoms with Crippen molar-refractivity contribution in [1.29, 1.82) is 0 Å². The summed E-state index contributed by atoms with van der Waals surface area (Å²) in [6.07, 6.45) is 4.24. The Kier molecular flexibility index (Phi) is 4.79. The van der Waals surface area contributed by atoms with Gasteiger partial charge in [0.05, 0.1) is 13.7 Å². The van der Waals surface area contributed by atoms with Crippen LogP contribution < -0.4 is 5.73 Å². The molecule has 1 saturated carbocycles. The zero-order chi connectivity index (χ0) is 17.1. The van der Waals surface area contributed by atoms with Gasteiger partial charge in [-0.3, -0.25) is 0 Å². The number of nitrogens with two attached hydrogens (primary N) is 1. The fourth-order valence-corrected chi connectivity index (χ4v) is 2.92. The molecule has 0 aromatic carbocycles. The number of methoxy groups -OCH3 is 1. The van der Waals surface area contributed by atoms with Crippen LogP contribution in [0.25, 0.3) is 11.5 Å². The van der Waals surface area contributed by atoms with E-state index in [1.54, 1.807) is 11.7 Å².